The minimum Gasteiger partial charge on any atom is -0.326 e. The van der Waals surface area contributed by atoms with Crippen LogP contribution in [0.4, 0.5) is 0 Å². The van der Waals surface area contributed by atoms with Crippen LogP contribution in [0.15, 0.2) is 11.8 Å². The van der Waals surface area contributed by atoms with Crippen LogP contribution in [0.1, 0.15) is 27.2 Å². The maximum atomic E-state index is 2.47. The molecule has 0 bridgehead atoms. The van der Waals surface area contributed by atoms with Crippen molar-refractivity contribution in [3.05, 3.63) is 11.8 Å². The highest BCUT2D eigenvalue weighted by atomic mass is 28.3. The first-order chi connectivity index (χ1) is 5.63. The van der Waals surface area contributed by atoms with E-state index < -0.39 is 8.24 Å². The van der Waals surface area contributed by atoms with Gasteiger partial charge >= 0.3 is 0 Å². The van der Waals surface area contributed by atoms with E-state index in [1.807, 2.05) is 0 Å². The lowest BCUT2D eigenvalue weighted by Crippen LogP contribution is -2.47. The molecule has 1 nitrogen and oxygen atoms in total. The first-order valence-electron chi connectivity index (χ1n) is 4.94. The average Bonchev–Trinajstić information content (AvgIpc) is 2.03. The molecule has 2 heteroatoms. The molecular formula is C10H23NSi. The molecule has 0 heterocycles. The molecule has 0 amide bonds. The molecule has 0 fully saturated rings. The lowest BCUT2D eigenvalue weighted by molar-refractivity contribution is 0.611. The quantitative estimate of drug-likeness (QED) is 0.595. The predicted octanol–water partition coefficient (Wildman–Crippen LogP) is 3.04. The fourth-order valence-corrected chi connectivity index (χ4v) is 5.43. The van der Waals surface area contributed by atoms with Crippen LogP contribution in [0, 0.1) is 0 Å². The van der Waals surface area contributed by atoms with Crippen molar-refractivity contribution in [1.82, 2.24) is 4.57 Å². The smallest absolute Gasteiger partial charge is 0.152 e. The molecule has 1 unspecified atom stereocenters. The zero-order valence-electron chi connectivity index (χ0n) is 9.22. The van der Waals surface area contributed by atoms with E-state index in [0.717, 1.165) is 0 Å². The second-order valence-electron chi connectivity index (χ2n) is 3.60. The van der Waals surface area contributed by atoms with Crippen LogP contribution >= 0.6 is 0 Å². The molecule has 0 N–H and O–H groups in total. The summed E-state index contributed by atoms with van der Waals surface area (Å²) in [4.78, 5) is 0. The molecule has 0 aliphatic carbocycles. The summed E-state index contributed by atoms with van der Waals surface area (Å²) >= 11 is 0. The van der Waals surface area contributed by atoms with Crippen molar-refractivity contribution in [2.24, 2.45) is 0 Å². The van der Waals surface area contributed by atoms with E-state index in [9.17, 15) is 0 Å². The Morgan fingerprint density at radius 3 is 2.08 bits per heavy atom. The first kappa shape index (κ1) is 11.9. The molecule has 0 aromatic rings. The van der Waals surface area contributed by atoms with Gasteiger partial charge in [0.05, 0.1) is 0 Å². The third-order valence-electron chi connectivity index (χ3n) is 2.66. The van der Waals surface area contributed by atoms with Crippen molar-refractivity contribution in [2.45, 2.75) is 39.3 Å². The summed E-state index contributed by atoms with van der Waals surface area (Å²) in [6, 6.07) is 2.72. The van der Waals surface area contributed by atoms with Crippen molar-refractivity contribution in [1.29, 1.82) is 0 Å². The van der Waals surface area contributed by atoms with Gasteiger partial charge in [0, 0.05) is 0 Å². The molecule has 12 heavy (non-hydrogen) atoms. The van der Waals surface area contributed by atoms with Gasteiger partial charge in [0.1, 0.15) is 0 Å². The van der Waals surface area contributed by atoms with E-state index in [0.29, 0.717) is 0 Å². The van der Waals surface area contributed by atoms with Gasteiger partial charge in [-0.05, 0) is 33.1 Å². The molecular weight excluding hydrogens is 162 g/mol. The Bertz CT molecular complexity index is 143. The van der Waals surface area contributed by atoms with Crippen LogP contribution in [0.3, 0.4) is 0 Å². The summed E-state index contributed by atoms with van der Waals surface area (Å²) in [5, 5.41) is 0. The number of hydrogen-bond donors (Lipinski definition) is 0. The van der Waals surface area contributed by atoms with Gasteiger partial charge in [0.15, 0.2) is 8.24 Å². The molecule has 0 aliphatic heterocycles. The summed E-state index contributed by atoms with van der Waals surface area (Å²) in [6.45, 7) is 6.74. The topological polar surface area (TPSA) is 3.24 Å². The largest absolute Gasteiger partial charge is 0.326 e. The minimum absolute atomic E-state index is 1.19. The minimum atomic E-state index is -1.19. The van der Waals surface area contributed by atoms with Crippen LogP contribution in [-0.2, 0) is 0 Å². The Morgan fingerprint density at radius 1 is 1.25 bits per heavy atom. The molecule has 0 aromatic carbocycles. The molecule has 0 saturated heterocycles. The normalized spacial score (nSPS) is 17.2. The van der Waals surface area contributed by atoms with Gasteiger partial charge in [0.2, 0.25) is 0 Å². The van der Waals surface area contributed by atoms with Crippen LogP contribution in [0.2, 0.25) is 12.1 Å². The summed E-state index contributed by atoms with van der Waals surface area (Å²) in [6.07, 6.45) is 3.54. The van der Waals surface area contributed by atoms with Crippen LogP contribution in [-0.4, -0.2) is 26.9 Å². The number of nitrogens with zero attached hydrogens (tertiary/aromatic N) is 1. The molecule has 0 aromatic heterocycles. The van der Waals surface area contributed by atoms with E-state index >= 15 is 0 Å². The van der Waals surface area contributed by atoms with Gasteiger partial charge in [-0.25, -0.2) is 0 Å². The molecule has 0 aliphatic rings. The van der Waals surface area contributed by atoms with Crippen LogP contribution in [0.5, 0.6) is 0 Å². The van der Waals surface area contributed by atoms with Crippen molar-refractivity contribution in [3.8, 4) is 0 Å². The van der Waals surface area contributed by atoms with E-state index in [2.05, 4.69) is 51.2 Å². The first-order valence-corrected chi connectivity index (χ1v) is 7.38. The fourth-order valence-electron chi connectivity index (χ4n) is 1.81. The van der Waals surface area contributed by atoms with Gasteiger partial charge < -0.3 is 4.57 Å². The Labute approximate surface area is 78.6 Å². The Hall–Kier alpha value is -0.0831. The van der Waals surface area contributed by atoms with Gasteiger partial charge in [0.25, 0.3) is 0 Å². The molecule has 0 spiro atoms. The van der Waals surface area contributed by atoms with E-state index in [1.54, 1.807) is 0 Å². The molecule has 0 saturated carbocycles. The maximum Gasteiger partial charge on any atom is 0.152 e. The third-order valence-corrected chi connectivity index (χ3v) is 7.99. The average molecular weight is 185 g/mol. The maximum absolute atomic E-state index is 2.47. The summed E-state index contributed by atoms with van der Waals surface area (Å²) in [5.74, 6) is 0. The zero-order chi connectivity index (χ0) is 9.61. The lowest BCUT2D eigenvalue weighted by Gasteiger charge is -2.34. The van der Waals surface area contributed by atoms with Crippen LogP contribution in [0.25, 0.3) is 0 Å². The van der Waals surface area contributed by atoms with E-state index in [4.69, 9.17) is 0 Å². The highest BCUT2D eigenvalue weighted by Gasteiger charge is 2.29. The van der Waals surface area contributed by atoms with Gasteiger partial charge in [-0.15, -0.1) is 0 Å². The number of hydrogen-bond acceptors (Lipinski definition) is 1. The van der Waals surface area contributed by atoms with Crippen molar-refractivity contribution in [2.75, 3.05) is 14.1 Å². The Morgan fingerprint density at radius 2 is 1.83 bits per heavy atom. The predicted molar refractivity (Wildman–Crippen MR) is 59.8 cm³/mol. The Kier molecular flexibility index (Phi) is 5.50. The van der Waals surface area contributed by atoms with Crippen LogP contribution < -0.4 is 0 Å². The number of allylic oxidation sites excluding steroid dienone is 1. The third kappa shape index (κ3) is 2.76. The molecule has 72 valence electrons. The van der Waals surface area contributed by atoms with Gasteiger partial charge in [-0.2, -0.15) is 0 Å². The lowest BCUT2D eigenvalue weighted by atomic mass is 10.6. The van der Waals surface area contributed by atoms with E-state index in [-0.39, 0.29) is 0 Å². The molecule has 0 rings (SSSR count). The summed E-state index contributed by atoms with van der Waals surface area (Å²) in [7, 11) is 3.26. The second kappa shape index (κ2) is 5.54. The zero-order valence-corrected chi connectivity index (χ0v) is 10.2. The standard InChI is InChI=1S/C10H23NSi/c1-6-9-12(8-3,10-7-2)11(4)5/h6,9H,7-8,10H2,1-5H3. The fraction of sp³-hybridized carbons (Fsp3) is 0.800. The summed E-state index contributed by atoms with van der Waals surface area (Å²) in [5.41, 5.74) is 2.47. The van der Waals surface area contributed by atoms with Gasteiger partial charge in [-0.3, -0.25) is 0 Å². The van der Waals surface area contributed by atoms with Crippen molar-refractivity contribution < 1.29 is 0 Å². The number of rotatable bonds is 5. The summed E-state index contributed by atoms with van der Waals surface area (Å²) < 4.78 is 2.47. The highest BCUT2D eigenvalue weighted by molar-refractivity contribution is 6.81. The van der Waals surface area contributed by atoms with Gasteiger partial charge in [-0.1, -0.05) is 32.0 Å². The second-order valence-corrected chi connectivity index (χ2v) is 8.24. The SMILES string of the molecule is CC=C[Si](CC)(CCC)N(C)C. The van der Waals surface area contributed by atoms with Crippen molar-refractivity contribution in [3.63, 3.8) is 0 Å². The van der Waals surface area contributed by atoms with Crippen molar-refractivity contribution >= 4 is 8.24 Å². The highest BCUT2D eigenvalue weighted by Crippen LogP contribution is 2.21. The monoisotopic (exact) mass is 185 g/mol. The Balaban J connectivity index is 4.50. The molecule has 1 atom stereocenters. The molecule has 0 radical (unpaired) electrons. The van der Waals surface area contributed by atoms with E-state index in [1.165, 1.54) is 18.5 Å².